The fraction of sp³-hybridized carbons (Fsp3) is 0.346. The molecule has 1 aromatic carbocycles. The minimum Gasteiger partial charge on any atom is -0.490 e. The topological polar surface area (TPSA) is 142 Å². The first kappa shape index (κ1) is 24.7. The molecule has 5 aromatic rings. The van der Waals surface area contributed by atoms with Crippen LogP contribution >= 0.6 is 0 Å². The van der Waals surface area contributed by atoms with E-state index in [-0.39, 0.29) is 18.5 Å². The van der Waals surface area contributed by atoms with E-state index in [2.05, 4.69) is 42.1 Å². The number of aromatic nitrogens is 6. The Morgan fingerprint density at radius 2 is 1.85 bits per heavy atom. The molecule has 202 valence electrons. The number of hydrogen-bond acceptors (Lipinski definition) is 11. The Bertz CT molecular complexity index is 1570. The second-order valence-corrected chi connectivity index (χ2v) is 9.23. The molecule has 0 unspecified atom stereocenters. The summed E-state index contributed by atoms with van der Waals surface area (Å²) in [6.07, 6.45) is 3.35. The third-order valence-electron chi connectivity index (χ3n) is 6.70. The highest BCUT2D eigenvalue weighted by molar-refractivity contribution is 5.90. The highest BCUT2D eigenvalue weighted by Crippen LogP contribution is 2.24. The minimum absolute atomic E-state index is 0.244. The molecule has 39 heavy (non-hydrogen) atoms. The highest BCUT2D eigenvalue weighted by Gasteiger charge is 2.20. The minimum atomic E-state index is -0.305. The smallest absolute Gasteiger partial charge is 0.302 e. The van der Waals surface area contributed by atoms with E-state index in [1.165, 1.54) is 11.4 Å². The number of furan rings is 1. The summed E-state index contributed by atoms with van der Waals surface area (Å²) in [5.41, 5.74) is 8.66. The maximum Gasteiger partial charge on any atom is 0.302 e. The van der Waals surface area contributed by atoms with Crippen molar-refractivity contribution in [1.82, 2.24) is 34.3 Å². The van der Waals surface area contributed by atoms with Gasteiger partial charge in [-0.3, -0.25) is 9.69 Å². The molecule has 0 amide bonds. The number of fused-ring (bicyclic) bond motifs is 3. The van der Waals surface area contributed by atoms with E-state index in [4.69, 9.17) is 19.6 Å². The number of nitrogens with two attached hydrogens (primary N) is 1. The third kappa shape index (κ3) is 5.21. The molecule has 0 saturated carbocycles. The van der Waals surface area contributed by atoms with Crippen molar-refractivity contribution in [2.45, 2.75) is 13.5 Å². The Kier molecular flexibility index (Phi) is 6.71. The molecule has 0 aliphatic carbocycles. The summed E-state index contributed by atoms with van der Waals surface area (Å²) < 4.78 is 19.3. The number of piperazine rings is 1. The number of hydrogen-bond donors (Lipinski definition) is 1. The number of nitrogen functional groups attached to an aromatic ring is 1. The van der Waals surface area contributed by atoms with Crippen molar-refractivity contribution in [2.24, 2.45) is 0 Å². The fourth-order valence-electron chi connectivity index (χ4n) is 4.69. The van der Waals surface area contributed by atoms with Crippen molar-refractivity contribution < 1.29 is 18.7 Å². The van der Waals surface area contributed by atoms with Gasteiger partial charge in [0.1, 0.15) is 19.0 Å². The molecular formula is C26H29N9O4. The van der Waals surface area contributed by atoms with E-state index in [9.17, 15) is 4.79 Å². The van der Waals surface area contributed by atoms with Crippen LogP contribution in [0, 0.1) is 0 Å². The number of nitrogens with zero attached hydrogens (tertiary/aromatic N) is 8. The summed E-state index contributed by atoms with van der Waals surface area (Å²) in [4.78, 5) is 24.8. The first-order valence-corrected chi connectivity index (χ1v) is 12.8. The SMILES string of the molecule is CC(=O)OCCOc1ccc(N2CCN(CCn3ncc4c3nc(N)n3nc(-c5ccco5)nc43)CC2)cc1. The Morgan fingerprint density at radius 1 is 1.03 bits per heavy atom. The zero-order valence-electron chi connectivity index (χ0n) is 21.6. The normalized spacial score (nSPS) is 14.3. The van der Waals surface area contributed by atoms with Gasteiger partial charge in [-0.15, -0.1) is 5.10 Å². The predicted octanol–water partition coefficient (Wildman–Crippen LogP) is 2.08. The van der Waals surface area contributed by atoms with E-state index in [1.54, 1.807) is 24.6 Å². The average Bonchev–Trinajstić information content (AvgIpc) is 3.71. The first-order valence-electron chi connectivity index (χ1n) is 12.8. The van der Waals surface area contributed by atoms with E-state index < -0.39 is 0 Å². The Labute approximate surface area is 223 Å². The second-order valence-electron chi connectivity index (χ2n) is 9.23. The van der Waals surface area contributed by atoms with Gasteiger partial charge in [0.2, 0.25) is 11.8 Å². The highest BCUT2D eigenvalue weighted by atomic mass is 16.6. The number of rotatable bonds is 9. The standard InChI is InChI=1S/C26H29N9O4/c1-18(36)37-15-16-38-20-6-4-19(5-7-20)33-11-8-32(9-12-33)10-13-34-24-21(17-28-34)25-29-23(22-3-2-14-39-22)31-35(25)26(27)30-24/h2-7,14,17H,8-13,15-16H2,1H3,(H2,27,30). The summed E-state index contributed by atoms with van der Waals surface area (Å²) in [6.45, 7) is 7.22. The van der Waals surface area contributed by atoms with Crippen LogP contribution in [0.25, 0.3) is 28.3 Å². The summed E-state index contributed by atoms with van der Waals surface area (Å²) in [5.74, 6) is 1.72. The van der Waals surface area contributed by atoms with Crippen LogP contribution < -0.4 is 15.4 Å². The lowest BCUT2D eigenvalue weighted by molar-refractivity contribution is -0.141. The van der Waals surface area contributed by atoms with Gasteiger partial charge in [-0.05, 0) is 36.4 Å². The lowest BCUT2D eigenvalue weighted by Gasteiger charge is -2.36. The maximum absolute atomic E-state index is 10.8. The van der Waals surface area contributed by atoms with Gasteiger partial charge in [0.15, 0.2) is 17.1 Å². The Hall–Kier alpha value is -4.65. The molecule has 4 aromatic heterocycles. The largest absolute Gasteiger partial charge is 0.490 e. The quantitative estimate of drug-likeness (QED) is 0.221. The van der Waals surface area contributed by atoms with Gasteiger partial charge in [0, 0.05) is 45.3 Å². The van der Waals surface area contributed by atoms with E-state index in [1.807, 2.05) is 16.8 Å². The number of carbonyl (C=O) groups is 1. The number of carbonyl (C=O) groups excluding carboxylic acids is 1. The molecule has 0 atom stereocenters. The van der Waals surface area contributed by atoms with Crippen LogP contribution in [-0.2, 0) is 16.1 Å². The number of ether oxygens (including phenoxy) is 2. The predicted molar refractivity (Wildman–Crippen MR) is 143 cm³/mol. The summed E-state index contributed by atoms with van der Waals surface area (Å²) >= 11 is 0. The third-order valence-corrected chi connectivity index (χ3v) is 6.70. The lowest BCUT2D eigenvalue weighted by atomic mass is 10.2. The van der Waals surface area contributed by atoms with Crippen LogP contribution in [0.1, 0.15) is 6.92 Å². The number of esters is 1. The van der Waals surface area contributed by atoms with Crippen LogP contribution in [0.2, 0.25) is 0 Å². The van der Waals surface area contributed by atoms with Crippen molar-refractivity contribution in [2.75, 3.05) is 56.6 Å². The van der Waals surface area contributed by atoms with E-state index in [0.29, 0.717) is 36.0 Å². The Balaban J connectivity index is 1.04. The van der Waals surface area contributed by atoms with Gasteiger partial charge in [-0.1, -0.05) is 0 Å². The molecule has 1 aliphatic heterocycles. The van der Waals surface area contributed by atoms with Gasteiger partial charge in [-0.25, -0.2) is 9.67 Å². The van der Waals surface area contributed by atoms with E-state index in [0.717, 1.165) is 49.5 Å². The molecule has 0 spiro atoms. The van der Waals surface area contributed by atoms with Crippen LogP contribution in [0.4, 0.5) is 11.6 Å². The Morgan fingerprint density at radius 3 is 2.59 bits per heavy atom. The van der Waals surface area contributed by atoms with E-state index >= 15 is 0 Å². The van der Waals surface area contributed by atoms with Crippen LogP contribution in [-0.4, -0.2) is 86.2 Å². The van der Waals surface area contributed by atoms with Gasteiger partial charge in [-0.2, -0.15) is 14.6 Å². The molecule has 2 N–H and O–H groups in total. The zero-order chi connectivity index (χ0) is 26.8. The van der Waals surface area contributed by atoms with Gasteiger partial charge >= 0.3 is 5.97 Å². The maximum atomic E-state index is 10.8. The molecule has 1 aliphatic rings. The van der Waals surface area contributed by atoms with Crippen LogP contribution in [0.5, 0.6) is 5.75 Å². The molecule has 13 heteroatoms. The van der Waals surface area contributed by atoms with Crippen molar-refractivity contribution in [3.05, 3.63) is 48.9 Å². The van der Waals surface area contributed by atoms with Crippen molar-refractivity contribution in [3.8, 4) is 17.3 Å². The molecule has 0 bridgehead atoms. The molecule has 1 saturated heterocycles. The van der Waals surface area contributed by atoms with Crippen LogP contribution in [0.3, 0.4) is 0 Å². The average molecular weight is 532 g/mol. The zero-order valence-corrected chi connectivity index (χ0v) is 21.6. The number of anilines is 2. The molecule has 1 fully saturated rings. The van der Waals surface area contributed by atoms with Crippen molar-refractivity contribution in [3.63, 3.8) is 0 Å². The van der Waals surface area contributed by atoms with Gasteiger partial charge < -0.3 is 24.5 Å². The fourth-order valence-corrected chi connectivity index (χ4v) is 4.69. The van der Waals surface area contributed by atoms with Gasteiger partial charge in [0.25, 0.3) is 0 Å². The summed E-state index contributed by atoms with van der Waals surface area (Å²) in [6, 6.07) is 11.6. The monoisotopic (exact) mass is 531 g/mol. The van der Waals surface area contributed by atoms with Crippen molar-refractivity contribution in [1.29, 1.82) is 0 Å². The van der Waals surface area contributed by atoms with Crippen molar-refractivity contribution >= 4 is 34.3 Å². The first-order chi connectivity index (χ1) is 19.0. The molecular weight excluding hydrogens is 502 g/mol. The molecule has 6 rings (SSSR count). The van der Waals surface area contributed by atoms with Crippen LogP contribution in [0.15, 0.2) is 53.3 Å². The summed E-state index contributed by atoms with van der Waals surface area (Å²) in [7, 11) is 0. The second kappa shape index (κ2) is 10.6. The lowest BCUT2D eigenvalue weighted by Crippen LogP contribution is -2.47. The molecule has 0 radical (unpaired) electrons. The summed E-state index contributed by atoms with van der Waals surface area (Å²) in [5, 5.41) is 9.80. The number of benzene rings is 1. The van der Waals surface area contributed by atoms with Gasteiger partial charge in [0.05, 0.1) is 24.4 Å². The molecule has 13 nitrogen and oxygen atoms in total. The molecule has 5 heterocycles.